The molecular weight excluding hydrogens is 175 g/mol. The number of carbonyl (C=O) groups is 1. The highest BCUT2D eigenvalue weighted by Crippen LogP contribution is 1.91. The molecule has 5 heteroatoms. The van der Waals surface area contributed by atoms with Crippen molar-refractivity contribution in [2.75, 3.05) is 13.2 Å². The van der Waals surface area contributed by atoms with Crippen molar-refractivity contribution in [2.24, 2.45) is 0 Å². The van der Waals surface area contributed by atoms with Gasteiger partial charge in [0.2, 0.25) is 5.56 Å². The molecule has 13 heavy (non-hydrogen) atoms. The number of nitrogens with one attached hydrogen (secondary N) is 2. The Kier molecular flexibility index (Phi) is 3.19. The fraction of sp³-hybridized carbons (Fsp3) is 0.250. The van der Waals surface area contributed by atoms with Gasteiger partial charge in [0.15, 0.2) is 0 Å². The lowest BCUT2D eigenvalue weighted by atomic mass is 10.2. The molecule has 0 unspecified atom stereocenters. The number of amides is 1. The molecule has 1 heterocycles. The Hall–Kier alpha value is -1.65. The lowest BCUT2D eigenvalue weighted by molar-refractivity contribution is 0.0950. The van der Waals surface area contributed by atoms with Crippen molar-refractivity contribution in [3.63, 3.8) is 0 Å². The second-order valence-corrected chi connectivity index (χ2v) is 2.39. The second kappa shape index (κ2) is 4.39. The van der Waals surface area contributed by atoms with E-state index < -0.39 is 12.6 Å². The molecule has 1 amide bonds. The van der Waals surface area contributed by atoms with Crippen LogP contribution in [0.5, 0.6) is 0 Å². The van der Waals surface area contributed by atoms with Crippen molar-refractivity contribution in [1.82, 2.24) is 10.3 Å². The van der Waals surface area contributed by atoms with Crippen LogP contribution in [0.4, 0.5) is 4.39 Å². The summed E-state index contributed by atoms with van der Waals surface area (Å²) < 4.78 is 11.7. The molecule has 1 aromatic heterocycles. The predicted molar refractivity (Wildman–Crippen MR) is 45.4 cm³/mol. The van der Waals surface area contributed by atoms with E-state index in [2.05, 4.69) is 10.3 Å². The second-order valence-electron chi connectivity index (χ2n) is 2.39. The average Bonchev–Trinajstić information content (AvgIpc) is 2.14. The van der Waals surface area contributed by atoms with Crippen LogP contribution in [0.15, 0.2) is 23.1 Å². The third kappa shape index (κ3) is 2.70. The zero-order chi connectivity index (χ0) is 9.68. The van der Waals surface area contributed by atoms with Gasteiger partial charge in [-0.2, -0.15) is 0 Å². The van der Waals surface area contributed by atoms with Gasteiger partial charge in [0.05, 0.1) is 0 Å². The van der Waals surface area contributed by atoms with Crippen LogP contribution in [0.25, 0.3) is 0 Å². The number of H-pyrrole nitrogens is 1. The highest BCUT2D eigenvalue weighted by atomic mass is 19.1. The van der Waals surface area contributed by atoms with Crippen molar-refractivity contribution >= 4 is 5.91 Å². The van der Waals surface area contributed by atoms with E-state index in [-0.39, 0.29) is 17.7 Å². The Labute approximate surface area is 73.8 Å². The van der Waals surface area contributed by atoms with Gasteiger partial charge in [-0.1, -0.05) is 0 Å². The van der Waals surface area contributed by atoms with Gasteiger partial charge in [-0.3, -0.25) is 9.59 Å². The van der Waals surface area contributed by atoms with Crippen LogP contribution in [0, 0.1) is 0 Å². The minimum atomic E-state index is -0.616. The van der Waals surface area contributed by atoms with Crippen LogP contribution < -0.4 is 10.9 Å². The SMILES string of the molecule is O=C(NCCF)c1cc[nH]c(=O)c1. The summed E-state index contributed by atoms with van der Waals surface area (Å²) >= 11 is 0. The number of hydrogen-bond donors (Lipinski definition) is 2. The monoisotopic (exact) mass is 184 g/mol. The number of halogens is 1. The Balaban J connectivity index is 2.71. The summed E-state index contributed by atoms with van der Waals surface area (Å²) in [7, 11) is 0. The van der Waals surface area contributed by atoms with Crippen LogP contribution in [0.1, 0.15) is 10.4 Å². The summed E-state index contributed by atoms with van der Waals surface area (Å²) in [4.78, 5) is 24.3. The van der Waals surface area contributed by atoms with Gasteiger partial charge in [-0.05, 0) is 6.07 Å². The quantitative estimate of drug-likeness (QED) is 0.698. The van der Waals surface area contributed by atoms with Crippen molar-refractivity contribution in [3.05, 3.63) is 34.2 Å². The third-order valence-corrected chi connectivity index (χ3v) is 1.42. The first-order valence-electron chi connectivity index (χ1n) is 3.77. The van der Waals surface area contributed by atoms with Crippen molar-refractivity contribution in [3.8, 4) is 0 Å². The first-order valence-corrected chi connectivity index (χ1v) is 3.77. The first kappa shape index (κ1) is 9.44. The van der Waals surface area contributed by atoms with E-state index in [0.717, 1.165) is 6.07 Å². The Bertz CT molecular complexity index is 348. The summed E-state index contributed by atoms with van der Waals surface area (Å²) in [5.41, 5.74) is -0.120. The molecule has 2 N–H and O–H groups in total. The molecule has 0 fully saturated rings. The van der Waals surface area contributed by atoms with Gasteiger partial charge in [0, 0.05) is 24.4 Å². The number of pyridine rings is 1. The number of rotatable bonds is 3. The molecule has 0 aromatic carbocycles. The number of hydrogen-bond acceptors (Lipinski definition) is 2. The van der Waals surface area contributed by atoms with E-state index in [9.17, 15) is 14.0 Å². The van der Waals surface area contributed by atoms with Crippen molar-refractivity contribution in [1.29, 1.82) is 0 Å². The van der Waals surface area contributed by atoms with Crippen LogP contribution in [-0.4, -0.2) is 24.1 Å². The van der Waals surface area contributed by atoms with E-state index in [1.54, 1.807) is 0 Å². The molecule has 1 rings (SSSR count). The zero-order valence-corrected chi connectivity index (χ0v) is 6.84. The molecule has 0 aliphatic carbocycles. The van der Waals surface area contributed by atoms with Crippen LogP contribution in [0.3, 0.4) is 0 Å². The lowest BCUT2D eigenvalue weighted by Crippen LogP contribution is -2.26. The summed E-state index contributed by atoms with van der Waals surface area (Å²) in [6.45, 7) is -0.652. The number of aromatic amines is 1. The maximum atomic E-state index is 11.7. The number of alkyl halides is 1. The smallest absolute Gasteiger partial charge is 0.251 e. The minimum Gasteiger partial charge on any atom is -0.349 e. The van der Waals surface area contributed by atoms with Crippen molar-refractivity contribution < 1.29 is 9.18 Å². The molecule has 0 spiro atoms. The van der Waals surface area contributed by atoms with Gasteiger partial charge in [-0.25, -0.2) is 4.39 Å². The van der Waals surface area contributed by atoms with Gasteiger partial charge in [0.25, 0.3) is 5.91 Å². The standard InChI is InChI=1S/C8H9FN2O2/c9-2-4-11-8(13)6-1-3-10-7(12)5-6/h1,3,5H,2,4H2,(H,10,12)(H,11,13). The molecule has 0 atom stereocenters. The lowest BCUT2D eigenvalue weighted by Gasteiger charge is -2.00. The molecule has 0 radical (unpaired) electrons. The molecule has 70 valence electrons. The van der Waals surface area contributed by atoms with Crippen LogP contribution in [0.2, 0.25) is 0 Å². The molecule has 4 nitrogen and oxygen atoms in total. The summed E-state index contributed by atoms with van der Waals surface area (Å²) in [6, 6.07) is 2.61. The fourth-order valence-electron chi connectivity index (χ4n) is 0.849. The maximum Gasteiger partial charge on any atom is 0.251 e. The summed E-state index contributed by atoms with van der Waals surface area (Å²) in [6.07, 6.45) is 1.37. The van der Waals surface area contributed by atoms with E-state index in [4.69, 9.17) is 0 Å². The highest BCUT2D eigenvalue weighted by molar-refractivity contribution is 5.93. The number of aromatic nitrogens is 1. The molecule has 0 saturated heterocycles. The van der Waals surface area contributed by atoms with E-state index >= 15 is 0 Å². The maximum absolute atomic E-state index is 11.7. The Morgan fingerprint density at radius 3 is 3.00 bits per heavy atom. The van der Waals surface area contributed by atoms with Crippen LogP contribution in [-0.2, 0) is 0 Å². The Morgan fingerprint density at radius 2 is 2.38 bits per heavy atom. The molecule has 0 saturated carbocycles. The Morgan fingerprint density at radius 1 is 1.62 bits per heavy atom. The molecule has 0 aliphatic rings. The molecule has 0 aliphatic heterocycles. The van der Waals surface area contributed by atoms with E-state index in [1.807, 2.05) is 0 Å². The van der Waals surface area contributed by atoms with Gasteiger partial charge in [0.1, 0.15) is 6.67 Å². The van der Waals surface area contributed by atoms with Crippen LogP contribution >= 0.6 is 0 Å². The molecule has 0 bridgehead atoms. The normalized spacial score (nSPS) is 9.62. The predicted octanol–water partition coefficient (Wildman–Crippen LogP) is 0.0742. The van der Waals surface area contributed by atoms with E-state index in [1.165, 1.54) is 12.3 Å². The highest BCUT2D eigenvalue weighted by Gasteiger charge is 2.03. The topological polar surface area (TPSA) is 62.0 Å². The van der Waals surface area contributed by atoms with Gasteiger partial charge < -0.3 is 10.3 Å². The first-order chi connectivity index (χ1) is 6.24. The summed E-state index contributed by atoms with van der Waals surface area (Å²) in [5.74, 6) is -0.441. The minimum absolute atomic E-state index is 0.0361. The third-order valence-electron chi connectivity index (χ3n) is 1.42. The number of carbonyl (C=O) groups excluding carboxylic acids is 1. The zero-order valence-electron chi connectivity index (χ0n) is 6.84. The largest absolute Gasteiger partial charge is 0.349 e. The van der Waals surface area contributed by atoms with Gasteiger partial charge in [-0.15, -0.1) is 0 Å². The van der Waals surface area contributed by atoms with Crippen molar-refractivity contribution in [2.45, 2.75) is 0 Å². The van der Waals surface area contributed by atoms with Gasteiger partial charge >= 0.3 is 0 Å². The average molecular weight is 184 g/mol. The fourth-order valence-corrected chi connectivity index (χ4v) is 0.849. The molecular formula is C8H9FN2O2. The molecule has 1 aromatic rings. The van der Waals surface area contributed by atoms with E-state index in [0.29, 0.717) is 0 Å². The summed E-state index contributed by atoms with van der Waals surface area (Å²) in [5, 5.41) is 2.31.